The highest BCUT2D eigenvalue weighted by atomic mass is 16.5. The Hall–Kier alpha value is -1.22. The summed E-state index contributed by atoms with van der Waals surface area (Å²) in [7, 11) is 1.68. The summed E-state index contributed by atoms with van der Waals surface area (Å²) in [6.45, 7) is 2.75. The summed E-state index contributed by atoms with van der Waals surface area (Å²) in [6, 6.07) is 6.09. The zero-order valence-corrected chi connectivity index (χ0v) is 9.19. The number of benzene rings is 1. The Balaban J connectivity index is 2.23. The van der Waals surface area contributed by atoms with Crippen molar-refractivity contribution in [1.82, 2.24) is 0 Å². The van der Waals surface area contributed by atoms with Gasteiger partial charge in [-0.1, -0.05) is 0 Å². The maximum atomic E-state index is 5.88. The molecule has 3 heteroatoms. The largest absolute Gasteiger partial charge is 0.497 e. The molecule has 0 amide bonds. The molecule has 0 bridgehead atoms. The molecule has 1 aliphatic heterocycles. The van der Waals surface area contributed by atoms with Crippen LogP contribution in [0.5, 0.6) is 11.5 Å². The molecule has 0 radical (unpaired) electrons. The Morgan fingerprint density at radius 3 is 3.00 bits per heavy atom. The fourth-order valence-electron chi connectivity index (χ4n) is 1.86. The molecular weight excluding hydrogens is 190 g/mol. The van der Waals surface area contributed by atoms with E-state index in [2.05, 4.69) is 0 Å². The maximum absolute atomic E-state index is 5.88. The van der Waals surface area contributed by atoms with Gasteiger partial charge in [0, 0.05) is 12.0 Å². The first-order chi connectivity index (χ1) is 7.20. The average molecular weight is 207 g/mol. The van der Waals surface area contributed by atoms with Crippen LogP contribution in [0.25, 0.3) is 0 Å². The highest BCUT2D eigenvalue weighted by Gasteiger charge is 2.22. The van der Waals surface area contributed by atoms with Crippen LogP contribution in [0.4, 0.5) is 0 Å². The van der Waals surface area contributed by atoms with Crippen molar-refractivity contribution >= 4 is 0 Å². The third-order valence-electron chi connectivity index (χ3n) is 2.95. The van der Waals surface area contributed by atoms with E-state index in [0.29, 0.717) is 5.92 Å². The van der Waals surface area contributed by atoms with Gasteiger partial charge in [0.05, 0.1) is 13.7 Å². The third kappa shape index (κ3) is 2.07. The number of ether oxygens (including phenoxy) is 2. The molecule has 1 heterocycles. The SMILES string of the molecule is COc1ccc2c(c1)CC([C@@H](C)N)CO2. The minimum absolute atomic E-state index is 0.171. The molecule has 1 aromatic rings. The van der Waals surface area contributed by atoms with E-state index >= 15 is 0 Å². The molecule has 0 saturated carbocycles. The van der Waals surface area contributed by atoms with Crippen LogP contribution in [0.3, 0.4) is 0 Å². The van der Waals surface area contributed by atoms with Gasteiger partial charge in [-0.2, -0.15) is 0 Å². The van der Waals surface area contributed by atoms with E-state index < -0.39 is 0 Å². The first-order valence-electron chi connectivity index (χ1n) is 5.26. The molecule has 0 aliphatic carbocycles. The minimum Gasteiger partial charge on any atom is -0.497 e. The summed E-state index contributed by atoms with van der Waals surface area (Å²) in [5, 5.41) is 0. The Morgan fingerprint density at radius 1 is 1.53 bits per heavy atom. The first-order valence-corrected chi connectivity index (χ1v) is 5.26. The predicted octanol–water partition coefficient (Wildman–Crippen LogP) is 1.59. The minimum atomic E-state index is 0.171. The van der Waals surface area contributed by atoms with Gasteiger partial charge in [0.15, 0.2) is 0 Å². The molecule has 2 atom stereocenters. The van der Waals surface area contributed by atoms with E-state index in [1.807, 2.05) is 25.1 Å². The van der Waals surface area contributed by atoms with Crippen molar-refractivity contribution in [2.24, 2.45) is 11.7 Å². The molecule has 1 aromatic carbocycles. The summed E-state index contributed by atoms with van der Waals surface area (Å²) in [4.78, 5) is 0. The van der Waals surface area contributed by atoms with Crippen LogP contribution >= 0.6 is 0 Å². The van der Waals surface area contributed by atoms with Crippen LogP contribution in [0.1, 0.15) is 12.5 Å². The molecule has 0 saturated heterocycles. The van der Waals surface area contributed by atoms with Gasteiger partial charge in [-0.3, -0.25) is 0 Å². The zero-order chi connectivity index (χ0) is 10.8. The summed E-state index contributed by atoms with van der Waals surface area (Å²) < 4.78 is 10.9. The van der Waals surface area contributed by atoms with Crippen molar-refractivity contribution in [3.05, 3.63) is 23.8 Å². The standard InChI is InChI=1S/C12H17NO2/c1-8(13)10-5-9-6-11(14-2)3-4-12(9)15-7-10/h3-4,6,8,10H,5,7,13H2,1-2H3/t8-,10?/m1/s1. The van der Waals surface area contributed by atoms with Gasteiger partial charge in [-0.15, -0.1) is 0 Å². The number of hydrogen-bond donors (Lipinski definition) is 1. The molecule has 3 nitrogen and oxygen atoms in total. The van der Waals surface area contributed by atoms with Gasteiger partial charge < -0.3 is 15.2 Å². The summed E-state index contributed by atoms with van der Waals surface area (Å²) in [5.74, 6) is 2.25. The lowest BCUT2D eigenvalue weighted by Gasteiger charge is -2.27. The van der Waals surface area contributed by atoms with Gasteiger partial charge in [0.2, 0.25) is 0 Å². The molecule has 0 fully saturated rings. The summed E-state index contributed by atoms with van der Waals surface area (Å²) in [6.07, 6.45) is 0.976. The monoisotopic (exact) mass is 207 g/mol. The van der Waals surface area contributed by atoms with E-state index in [9.17, 15) is 0 Å². The van der Waals surface area contributed by atoms with E-state index in [1.165, 1.54) is 5.56 Å². The van der Waals surface area contributed by atoms with Gasteiger partial charge in [-0.05, 0) is 37.1 Å². The van der Waals surface area contributed by atoms with Crippen LogP contribution in [0.15, 0.2) is 18.2 Å². The van der Waals surface area contributed by atoms with E-state index in [4.69, 9.17) is 15.2 Å². The van der Waals surface area contributed by atoms with Gasteiger partial charge in [0.25, 0.3) is 0 Å². The van der Waals surface area contributed by atoms with Crippen LogP contribution in [0.2, 0.25) is 0 Å². The van der Waals surface area contributed by atoms with Crippen molar-refractivity contribution in [2.75, 3.05) is 13.7 Å². The van der Waals surface area contributed by atoms with Gasteiger partial charge in [0.1, 0.15) is 11.5 Å². The lowest BCUT2D eigenvalue weighted by atomic mass is 9.92. The zero-order valence-electron chi connectivity index (χ0n) is 9.19. The molecule has 0 spiro atoms. The van der Waals surface area contributed by atoms with Gasteiger partial charge in [-0.25, -0.2) is 0 Å². The molecule has 1 unspecified atom stereocenters. The van der Waals surface area contributed by atoms with Crippen molar-refractivity contribution in [1.29, 1.82) is 0 Å². The van der Waals surface area contributed by atoms with Gasteiger partial charge >= 0.3 is 0 Å². The first kappa shape index (κ1) is 10.3. The lowest BCUT2D eigenvalue weighted by molar-refractivity contribution is 0.204. The second kappa shape index (κ2) is 4.11. The number of fused-ring (bicyclic) bond motifs is 1. The molecule has 1 aliphatic rings. The van der Waals surface area contributed by atoms with Crippen molar-refractivity contribution in [3.63, 3.8) is 0 Å². The molecule has 2 rings (SSSR count). The number of rotatable bonds is 2. The second-order valence-electron chi connectivity index (χ2n) is 4.11. The molecular formula is C12H17NO2. The Bertz CT molecular complexity index is 349. The van der Waals surface area contributed by atoms with E-state index in [1.54, 1.807) is 7.11 Å². The predicted molar refractivity (Wildman–Crippen MR) is 59.3 cm³/mol. The Kier molecular flexibility index (Phi) is 2.82. The van der Waals surface area contributed by atoms with E-state index in [0.717, 1.165) is 24.5 Å². The topological polar surface area (TPSA) is 44.5 Å². The highest BCUT2D eigenvalue weighted by Crippen LogP contribution is 2.31. The highest BCUT2D eigenvalue weighted by molar-refractivity contribution is 5.41. The fourth-order valence-corrected chi connectivity index (χ4v) is 1.86. The smallest absolute Gasteiger partial charge is 0.122 e. The van der Waals surface area contributed by atoms with Crippen molar-refractivity contribution in [3.8, 4) is 11.5 Å². The van der Waals surface area contributed by atoms with Crippen LogP contribution in [0, 0.1) is 5.92 Å². The third-order valence-corrected chi connectivity index (χ3v) is 2.95. The normalized spacial score (nSPS) is 21.4. The average Bonchev–Trinajstić information content (AvgIpc) is 2.27. The second-order valence-corrected chi connectivity index (χ2v) is 4.11. The number of hydrogen-bond acceptors (Lipinski definition) is 3. The van der Waals surface area contributed by atoms with Crippen LogP contribution in [-0.4, -0.2) is 19.8 Å². The van der Waals surface area contributed by atoms with Crippen molar-refractivity contribution in [2.45, 2.75) is 19.4 Å². The lowest BCUT2D eigenvalue weighted by Crippen LogP contribution is -2.35. The Morgan fingerprint density at radius 2 is 2.33 bits per heavy atom. The Labute approximate surface area is 90.2 Å². The molecule has 2 N–H and O–H groups in total. The summed E-state index contributed by atoms with van der Waals surface area (Å²) >= 11 is 0. The summed E-state index contributed by atoms with van der Waals surface area (Å²) in [5.41, 5.74) is 7.08. The molecule has 0 aromatic heterocycles. The molecule has 15 heavy (non-hydrogen) atoms. The number of nitrogens with two attached hydrogens (primary N) is 1. The van der Waals surface area contributed by atoms with Crippen LogP contribution < -0.4 is 15.2 Å². The number of methoxy groups -OCH3 is 1. The van der Waals surface area contributed by atoms with Crippen LogP contribution in [-0.2, 0) is 6.42 Å². The maximum Gasteiger partial charge on any atom is 0.122 e. The molecule has 82 valence electrons. The fraction of sp³-hybridized carbons (Fsp3) is 0.500. The van der Waals surface area contributed by atoms with E-state index in [-0.39, 0.29) is 6.04 Å². The van der Waals surface area contributed by atoms with Crippen molar-refractivity contribution < 1.29 is 9.47 Å². The quantitative estimate of drug-likeness (QED) is 0.801.